The van der Waals surface area contributed by atoms with E-state index in [1.54, 1.807) is 7.11 Å². The van der Waals surface area contributed by atoms with E-state index in [9.17, 15) is 0 Å². The molecule has 0 aliphatic rings. The van der Waals surface area contributed by atoms with Gasteiger partial charge in [-0.25, -0.2) is 0 Å². The molecule has 0 aliphatic carbocycles. The fourth-order valence-corrected chi connectivity index (χ4v) is 2.60. The van der Waals surface area contributed by atoms with E-state index in [-0.39, 0.29) is 0 Å². The number of aryl methyl sites for hydroxylation is 1. The van der Waals surface area contributed by atoms with E-state index < -0.39 is 0 Å². The summed E-state index contributed by atoms with van der Waals surface area (Å²) in [5.41, 5.74) is 1.28. The van der Waals surface area contributed by atoms with E-state index in [0.717, 1.165) is 6.54 Å². The molecule has 5 heteroatoms. The molecular weight excluding hydrogens is 250 g/mol. The summed E-state index contributed by atoms with van der Waals surface area (Å²) in [5.74, 6) is 0. The first-order valence-electron chi connectivity index (χ1n) is 6.15. The van der Waals surface area contributed by atoms with Gasteiger partial charge in [0.05, 0.1) is 33.0 Å². The quantitative estimate of drug-likeness (QED) is 0.662. The van der Waals surface area contributed by atoms with E-state index in [4.69, 9.17) is 14.2 Å². The van der Waals surface area contributed by atoms with Crippen LogP contribution >= 0.6 is 11.3 Å². The summed E-state index contributed by atoms with van der Waals surface area (Å²) in [6.45, 7) is 6.24. The molecule has 0 atom stereocenters. The van der Waals surface area contributed by atoms with E-state index in [1.807, 2.05) is 18.4 Å². The van der Waals surface area contributed by atoms with Gasteiger partial charge in [0, 0.05) is 23.4 Å². The van der Waals surface area contributed by atoms with Crippen LogP contribution in [0.25, 0.3) is 0 Å². The van der Waals surface area contributed by atoms with Crippen LogP contribution < -0.4 is 5.32 Å². The Bertz CT molecular complexity index is 328. The molecule has 0 bridgehead atoms. The second-order valence-corrected chi connectivity index (χ2v) is 5.32. The summed E-state index contributed by atoms with van der Waals surface area (Å²) in [6, 6.07) is 2.21. The largest absolute Gasteiger partial charge is 0.382 e. The molecule has 4 nitrogen and oxygen atoms in total. The minimum Gasteiger partial charge on any atom is -0.382 e. The van der Waals surface area contributed by atoms with Crippen LogP contribution in [0.5, 0.6) is 0 Å². The summed E-state index contributed by atoms with van der Waals surface area (Å²) >= 11 is 1.82. The maximum Gasteiger partial charge on any atom is 0.0728 e. The van der Waals surface area contributed by atoms with Crippen LogP contribution in [0.15, 0.2) is 6.07 Å². The molecule has 1 aromatic heterocycles. The molecule has 104 valence electrons. The summed E-state index contributed by atoms with van der Waals surface area (Å²) in [4.78, 5) is 2.69. The zero-order valence-corrected chi connectivity index (χ0v) is 12.3. The molecule has 0 aromatic carbocycles. The molecule has 1 N–H and O–H groups in total. The van der Waals surface area contributed by atoms with Crippen LogP contribution in [-0.2, 0) is 27.4 Å². The van der Waals surface area contributed by atoms with Crippen molar-refractivity contribution in [1.82, 2.24) is 5.32 Å². The molecule has 0 saturated carbocycles. The van der Waals surface area contributed by atoms with Gasteiger partial charge in [0.15, 0.2) is 0 Å². The number of hydrogen-bond acceptors (Lipinski definition) is 5. The predicted molar refractivity (Wildman–Crippen MR) is 74.2 cm³/mol. The second-order valence-electron chi connectivity index (χ2n) is 3.98. The Labute approximate surface area is 113 Å². The normalized spacial score (nSPS) is 11.1. The number of thiophene rings is 1. The third-order valence-corrected chi connectivity index (χ3v) is 3.58. The van der Waals surface area contributed by atoms with Gasteiger partial charge in [-0.3, -0.25) is 0 Å². The minimum atomic E-state index is 0.621. The van der Waals surface area contributed by atoms with Crippen molar-refractivity contribution in [2.45, 2.75) is 20.1 Å². The highest BCUT2D eigenvalue weighted by Crippen LogP contribution is 2.22. The smallest absolute Gasteiger partial charge is 0.0728 e. The van der Waals surface area contributed by atoms with Gasteiger partial charge < -0.3 is 19.5 Å². The number of hydrogen-bond donors (Lipinski definition) is 1. The highest BCUT2D eigenvalue weighted by atomic mass is 32.1. The lowest BCUT2D eigenvalue weighted by Gasteiger charge is -2.05. The molecule has 1 heterocycles. The van der Waals surface area contributed by atoms with E-state index in [0.29, 0.717) is 33.0 Å². The molecule has 1 aromatic rings. The molecular formula is C13H23NO3S. The summed E-state index contributed by atoms with van der Waals surface area (Å²) in [7, 11) is 3.63. The molecule has 0 radical (unpaired) electrons. The van der Waals surface area contributed by atoms with Crippen molar-refractivity contribution in [1.29, 1.82) is 0 Å². The SMILES string of the molecule is CNCc1cc(COCCOCCOC)c(C)s1. The lowest BCUT2D eigenvalue weighted by molar-refractivity contribution is 0.0199. The molecule has 0 unspecified atom stereocenters. The topological polar surface area (TPSA) is 39.7 Å². The van der Waals surface area contributed by atoms with Crippen molar-refractivity contribution < 1.29 is 14.2 Å². The second kappa shape index (κ2) is 9.47. The van der Waals surface area contributed by atoms with Crippen molar-refractivity contribution >= 4 is 11.3 Å². The van der Waals surface area contributed by atoms with Crippen molar-refractivity contribution in [3.8, 4) is 0 Å². The lowest BCUT2D eigenvalue weighted by atomic mass is 10.2. The first-order valence-corrected chi connectivity index (χ1v) is 6.96. The first-order chi connectivity index (χ1) is 8.77. The Hall–Kier alpha value is -0.460. The standard InChI is InChI=1S/C13H23NO3S/c1-11-12(8-13(18-11)9-14-2)10-17-7-6-16-5-4-15-3/h8,14H,4-7,9-10H2,1-3H3. The van der Waals surface area contributed by atoms with Crippen LogP contribution in [-0.4, -0.2) is 40.6 Å². The summed E-state index contributed by atoms with van der Waals surface area (Å²) in [6.07, 6.45) is 0. The maximum atomic E-state index is 5.59. The van der Waals surface area contributed by atoms with Gasteiger partial charge in [0.1, 0.15) is 0 Å². The monoisotopic (exact) mass is 273 g/mol. The van der Waals surface area contributed by atoms with Crippen LogP contribution in [0.3, 0.4) is 0 Å². The molecule has 0 aliphatic heterocycles. The first kappa shape index (κ1) is 15.6. The molecule has 0 saturated heterocycles. The van der Waals surface area contributed by atoms with Crippen molar-refractivity contribution in [2.24, 2.45) is 0 Å². The zero-order chi connectivity index (χ0) is 13.2. The van der Waals surface area contributed by atoms with Crippen molar-refractivity contribution in [2.75, 3.05) is 40.6 Å². The Balaban J connectivity index is 2.14. The van der Waals surface area contributed by atoms with E-state index in [1.165, 1.54) is 15.3 Å². The van der Waals surface area contributed by atoms with Gasteiger partial charge in [0.2, 0.25) is 0 Å². The number of nitrogens with one attached hydrogen (secondary N) is 1. The van der Waals surface area contributed by atoms with Gasteiger partial charge in [-0.15, -0.1) is 11.3 Å². The fraction of sp³-hybridized carbons (Fsp3) is 0.692. The summed E-state index contributed by atoms with van der Waals surface area (Å²) in [5, 5.41) is 3.16. The highest BCUT2D eigenvalue weighted by molar-refractivity contribution is 7.12. The Kier molecular flexibility index (Phi) is 8.20. The lowest BCUT2D eigenvalue weighted by Crippen LogP contribution is -2.08. The van der Waals surface area contributed by atoms with Crippen LogP contribution in [0.2, 0.25) is 0 Å². The Morgan fingerprint density at radius 1 is 1.17 bits per heavy atom. The van der Waals surface area contributed by atoms with Gasteiger partial charge in [-0.1, -0.05) is 0 Å². The van der Waals surface area contributed by atoms with E-state index in [2.05, 4.69) is 18.3 Å². The average Bonchev–Trinajstić information content (AvgIpc) is 2.69. The Morgan fingerprint density at radius 3 is 2.61 bits per heavy atom. The van der Waals surface area contributed by atoms with Crippen molar-refractivity contribution in [3.63, 3.8) is 0 Å². The number of rotatable bonds is 10. The van der Waals surface area contributed by atoms with Crippen LogP contribution in [0.4, 0.5) is 0 Å². The summed E-state index contributed by atoms with van der Waals surface area (Å²) < 4.78 is 15.8. The molecule has 0 amide bonds. The van der Waals surface area contributed by atoms with Crippen LogP contribution in [0.1, 0.15) is 15.3 Å². The van der Waals surface area contributed by atoms with Gasteiger partial charge in [-0.2, -0.15) is 0 Å². The molecule has 1 rings (SSSR count). The number of ether oxygens (including phenoxy) is 3. The molecule has 18 heavy (non-hydrogen) atoms. The predicted octanol–water partition coefficient (Wildman–Crippen LogP) is 1.96. The van der Waals surface area contributed by atoms with E-state index >= 15 is 0 Å². The fourth-order valence-electron chi connectivity index (χ4n) is 1.54. The molecule has 0 fully saturated rings. The van der Waals surface area contributed by atoms with Crippen LogP contribution in [0, 0.1) is 6.92 Å². The third kappa shape index (κ3) is 5.93. The Morgan fingerprint density at radius 2 is 1.89 bits per heavy atom. The highest BCUT2D eigenvalue weighted by Gasteiger charge is 2.04. The van der Waals surface area contributed by atoms with Gasteiger partial charge in [0.25, 0.3) is 0 Å². The average molecular weight is 273 g/mol. The number of methoxy groups -OCH3 is 1. The third-order valence-electron chi connectivity index (χ3n) is 2.48. The maximum absolute atomic E-state index is 5.59. The van der Waals surface area contributed by atoms with Crippen molar-refractivity contribution in [3.05, 3.63) is 21.4 Å². The zero-order valence-electron chi connectivity index (χ0n) is 11.5. The minimum absolute atomic E-state index is 0.621. The van der Waals surface area contributed by atoms with Gasteiger partial charge >= 0.3 is 0 Å². The van der Waals surface area contributed by atoms with Gasteiger partial charge in [-0.05, 0) is 25.6 Å². The molecule has 0 spiro atoms.